The molecule has 1 atom stereocenters. The maximum Gasteiger partial charge on any atom is 0.336 e. The van der Waals surface area contributed by atoms with Crippen molar-refractivity contribution in [2.24, 2.45) is 0 Å². The summed E-state index contributed by atoms with van der Waals surface area (Å²) in [6, 6.07) is 15.3. The van der Waals surface area contributed by atoms with E-state index >= 15 is 0 Å². The standard InChI is InChI=1S/C23H25NO4/c1-2-6-17-13-22(26)28-23-18(17)9-10-20(25)19(23)14-24-11-12-27-21(15-24)16-7-4-3-5-8-16/h3-5,7-10,13,21,25H,2,6,11-12,14-15H2,1H3/t21-/m0/s1. The Morgan fingerprint density at radius 2 is 2.00 bits per heavy atom. The minimum Gasteiger partial charge on any atom is -0.507 e. The molecular formula is C23H25NO4. The molecule has 3 aromatic rings. The van der Waals surface area contributed by atoms with Crippen molar-refractivity contribution < 1.29 is 14.3 Å². The number of nitrogens with zero attached hydrogens (tertiary/aromatic N) is 1. The van der Waals surface area contributed by atoms with Crippen molar-refractivity contribution in [2.75, 3.05) is 19.7 Å². The minimum absolute atomic E-state index is 0.00488. The third-order valence-corrected chi connectivity index (χ3v) is 5.30. The van der Waals surface area contributed by atoms with Crippen molar-refractivity contribution in [1.29, 1.82) is 0 Å². The van der Waals surface area contributed by atoms with Crippen LogP contribution in [0.15, 0.2) is 57.7 Å². The summed E-state index contributed by atoms with van der Waals surface area (Å²) >= 11 is 0. The summed E-state index contributed by atoms with van der Waals surface area (Å²) in [5.41, 5.74) is 2.91. The van der Waals surface area contributed by atoms with Crippen LogP contribution < -0.4 is 5.63 Å². The molecule has 1 aromatic heterocycles. The van der Waals surface area contributed by atoms with Gasteiger partial charge in [-0.2, -0.15) is 0 Å². The number of aryl methyl sites for hydroxylation is 1. The summed E-state index contributed by atoms with van der Waals surface area (Å²) in [6.07, 6.45) is 1.74. The fourth-order valence-electron chi connectivity index (χ4n) is 3.91. The maximum atomic E-state index is 12.1. The summed E-state index contributed by atoms with van der Waals surface area (Å²) in [7, 11) is 0. The van der Waals surface area contributed by atoms with Gasteiger partial charge < -0.3 is 14.3 Å². The number of morpholine rings is 1. The zero-order chi connectivity index (χ0) is 19.5. The number of rotatable bonds is 5. The van der Waals surface area contributed by atoms with Crippen LogP contribution in [0.5, 0.6) is 5.75 Å². The van der Waals surface area contributed by atoms with Crippen LogP contribution in [0.4, 0.5) is 0 Å². The highest BCUT2D eigenvalue weighted by molar-refractivity contribution is 5.85. The molecule has 1 saturated heterocycles. The fourth-order valence-corrected chi connectivity index (χ4v) is 3.91. The lowest BCUT2D eigenvalue weighted by atomic mass is 10.0. The van der Waals surface area contributed by atoms with Crippen molar-refractivity contribution in [3.05, 3.63) is 75.6 Å². The summed E-state index contributed by atoms with van der Waals surface area (Å²) in [4.78, 5) is 14.3. The summed E-state index contributed by atoms with van der Waals surface area (Å²) in [5, 5.41) is 11.4. The second kappa shape index (κ2) is 8.17. The van der Waals surface area contributed by atoms with Crippen molar-refractivity contribution in [3.8, 4) is 5.75 Å². The van der Waals surface area contributed by atoms with Gasteiger partial charge in [0.15, 0.2) is 0 Å². The lowest BCUT2D eigenvalue weighted by Crippen LogP contribution is -2.37. The molecular weight excluding hydrogens is 354 g/mol. The van der Waals surface area contributed by atoms with E-state index in [1.54, 1.807) is 12.1 Å². The molecule has 146 valence electrons. The molecule has 0 amide bonds. The van der Waals surface area contributed by atoms with Gasteiger partial charge in [0.2, 0.25) is 0 Å². The molecule has 0 radical (unpaired) electrons. The van der Waals surface area contributed by atoms with Gasteiger partial charge in [-0.3, -0.25) is 4.90 Å². The number of ether oxygens (including phenoxy) is 1. The number of fused-ring (bicyclic) bond motifs is 1. The third kappa shape index (κ3) is 3.81. The molecule has 1 N–H and O–H groups in total. The van der Waals surface area contributed by atoms with E-state index in [0.29, 0.717) is 24.3 Å². The first kappa shape index (κ1) is 18.7. The molecule has 0 aliphatic carbocycles. The van der Waals surface area contributed by atoms with E-state index in [1.165, 1.54) is 0 Å². The Morgan fingerprint density at radius 1 is 1.18 bits per heavy atom. The first-order chi connectivity index (χ1) is 13.7. The van der Waals surface area contributed by atoms with Gasteiger partial charge in [-0.1, -0.05) is 43.7 Å². The topological polar surface area (TPSA) is 62.9 Å². The van der Waals surface area contributed by atoms with Crippen LogP contribution in [0.25, 0.3) is 11.0 Å². The smallest absolute Gasteiger partial charge is 0.336 e. The number of phenols is 1. The van der Waals surface area contributed by atoms with Crippen LogP contribution in [0.3, 0.4) is 0 Å². The summed E-state index contributed by atoms with van der Waals surface area (Å²) < 4.78 is 11.5. The van der Waals surface area contributed by atoms with Crippen LogP contribution >= 0.6 is 0 Å². The molecule has 0 bridgehead atoms. The number of aromatic hydroxyl groups is 1. The largest absolute Gasteiger partial charge is 0.507 e. The Labute approximate surface area is 164 Å². The second-order valence-corrected chi connectivity index (χ2v) is 7.29. The molecule has 2 heterocycles. The van der Waals surface area contributed by atoms with Crippen LogP contribution in [-0.4, -0.2) is 29.7 Å². The quantitative estimate of drug-likeness (QED) is 0.678. The highest BCUT2D eigenvalue weighted by Gasteiger charge is 2.24. The van der Waals surface area contributed by atoms with E-state index in [1.807, 2.05) is 24.3 Å². The van der Waals surface area contributed by atoms with Gasteiger partial charge >= 0.3 is 5.63 Å². The summed E-state index contributed by atoms with van der Waals surface area (Å²) in [6.45, 7) is 4.69. The van der Waals surface area contributed by atoms with Gasteiger partial charge in [0.05, 0.1) is 18.3 Å². The number of hydrogen-bond donors (Lipinski definition) is 1. The van der Waals surface area contributed by atoms with Crippen LogP contribution in [0, 0.1) is 0 Å². The first-order valence-electron chi connectivity index (χ1n) is 9.82. The van der Waals surface area contributed by atoms with E-state index in [4.69, 9.17) is 9.15 Å². The third-order valence-electron chi connectivity index (χ3n) is 5.30. The van der Waals surface area contributed by atoms with E-state index in [0.717, 1.165) is 42.4 Å². The van der Waals surface area contributed by atoms with Crippen LogP contribution in [0.1, 0.15) is 36.1 Å². The Hall–Kier alpha value is -2.63. The molecule has 1 fully saturated rings. The van der Waals surface area contributed by atoms with E-state index < -0.39 is 0 Å². The average Bonchev–Trinajstić information content (AvgIpc) is 2.71. The fraction of sp³-hybridized carbons (Fsp3) is 0.348. The summed E-state index contributed by atoms with van der Waals surface area (Å²) in [5.74, 6) is 0.159. The molecule has 28 heavy (non-hydrogen) atoms. The Bertz CT molecular complexity index is 1010. The predicted octanol–water partition coefficient (Wildman–Crippen LogP) is 4.02. The molecule has 4 rings (SSSR count). The molecule has 0 spiro atoms. The monoisotopic (exact) mass is 379 g/mol. The molecule has 5 nitrogen and oxygen atoms in total. The number of phenolic OH excluding ortho intramolecular Hbond substituents is 1. The van der Waals surface area contributed by atoms with Crippen molar-refractivity contribution in [3.63, 3.8) is 0 Å². The van der Waals surface area contributed by atoms with Gasteiger partial charge in [0, 0.05) is 31.1 Å². The minimum atomic E-state index is -0.369. The van der Waals surface area contributed by atoms with Gasteiger partial charge in [-0.25, -0.2) is 4.79 Å². The average molecular weight is 379 g/mol. The van der Waals surface area contributed by atoms with E-state index in [2.05, 4.69) is 24.0 Å². The van der Waals surface area contributed by atoms with Crippen LogP contribution in [-0.2, 0) is 17.7 Å². The second-order valence-electron chi connectivity index (χ2n) is 7.29. The van der Waals surface area contributed by atoms with Gasteiger partial charge in [-0.15, -0.1) is 0 Å². The van der Waals surface area contributed by atoms with Crippen molar-refractivity contribution in [1.82, 2.24) is 4.90 Å². The SMILES string of the molecule is CCCc1cc(=O)oc2c(CN3CCO[C@H](c4ccccc4)C3)c(O)ccc12. The molecule has 0 unspecified atom stereocenters. The van der Waals surface area contributed by atoms with E-state index in [-0.39, 0.29) is 17.5 Å². The molecule has 1 aliphatic heterocycles. The Morgan fingerprint density at radius 3 is 2.79 bits per heavy atom. The maximum absolute atomic E-state index is 12.1. The predicted molar refractivity (Wildman–Crippen MR) is 109 cm³/mol. The highest BCUT2D eigenvalue weighted by atomic mass is 16.5. The van der Waals surface area contributed by atoms with Crippen molar-refractivity contribution >= 4 is 11.0 Å². The van der Waals surface area contributed by atoms with Gasteiger partial charge in [0.25, 0.3) is 0 Å². The Balaban J connectivity index is 1.65. The lowest BCUT2D eigenvalue weighted by molar-refractivity contribution is -0.0330. The first-order valence-corrected chi connectivity index (χ1v) is 9.82. The van der Waals surface area contributed by atoms with Crippen LogP contribution in [0.2, 0.25) is 0 Å². The van der Waals surface area contributed by atoms with Crippen molar-refractivity contribution in [2.45, 2.75) is 32.4 Å². The number of benzene rings is 2. The van der Waals surface area contributed by atoms with E-state index in [9.17, 15) is 9.90 Å². The molecule has 5 heteroatoms. The Kier molecular flexibility index (Phi) is 5.46. The molecule has 0 saturated carbocycles. The normalized spacial score (nSPS) is 17.8. The van der Waals surface area contributed by atoms with Gasteiger partial charge in [-0.05, 0) is 29.7 Å². The molecule has 1 aliphatic rings. The lowest BCUT2D eigenvalue weighted by Gasteiger charge is -2.33. The zero-order valence-corrected chi connectivity index (χ0v) is 16.1. The molecule has 2 aromatic carbocycles. The number of hydrogen-bond acceptors (Lipinski definition) is 5. The highest BCUT2D eigenvalue weighted by Crippen LogP contribution is 2.31. The zero-order valence-electron chi connectivity index (χ0n) is 16.1. The van der Waals surface area contributed by atoms with Gasteiger partial charge in [0.1, 0.15) is 11.3 Å².